The first-order valence-corrected chi connectivity index (χ1v) is 8.11. The fourth-order valence-electron chi connectivity index (χ4n) is 2.25. The van der Waals surface area contributed by atoms with Crippen LogP contribution in [0.5, 0.6) is 0 Å². The van der Waals surface area contributed by atoms with Crippen LogP contribution in [-0.4, -0.2) is 10.9 Å². The molecule has 1 aromatic carbocycles. The summed E-state index contributed by atoms with van der Waals surface area (Å²) in [5.41, 5.74) is -0.462. The normalized spacial score (nSPS) is 11.3. The highest BCUT2D eigenvalue weighted by atomic mass is 35.5. The maximum atomic E-state index is 12.9. The van der Waals surface area contributed by atoms with E-state index in [0.717, 1.165) is 12.1 Å². The van der Waals surface area contributed by atoms with Gasteiger partial charge in [0.2, 0.25) is 0 Å². The predicted molar refractivity (Wildman–Crippen MR) is 93.9 cm³/mol. The lowest BCUT2D eigenvalue weighted by molar-refractivity contribution is -0.137. The quantitative estimate of drug-likeness (QED) is 0.636. The van der Waals surface area contributed by atoms with E-state index in [9.17, 15) is 18.0 Å². The number of amides is 1. The number of carbonyl (C=O) groups is 1. The molecule has 1 amide bonds. The van der Waals surface area contributed by atoms with Gasteiger partial charge in [0.1, 0.15) is 11.6 Å². The summed E-state index contributed by atoms with van der Waals surface area (Å²) in [4.78, 5) is 16.1. The van der Waals surface area contributed by atoms with Gasteiger partial charge in [0.25, 0.3) is 5.91 Å². The van der Waals surface area contributed by atoms with Crippen molar-refractivity contribution in [3.05, 3.63) is 76.8 Å². The Balaban J connectivity index is 1.66. The molecule has 2 heterocycles. The molecule has 0 radical (unpaired) electrons. The van der Waals surface area contributed by atoms with Crippen molar-refractivity contribution in [2.24, 2.45) is 0 Å². The molecule has 0 bridgehead atoms. The highest BCUT2D eigenvalue weighted by molar-refractivity contribution is 6.31. The highest BCUT2D eigenvalue weighted by Crippen LogP contribution is 2.36. The summed E-state index contributed by atoms with van der Waals surface area (Å²) in [6.45, 7) is 0.233. The molecule has 0 aliphatic carbocycles. The minimum Gasteiger partial charge on any atom is -0.467 e. The van der Waals surface area contributed by atoms with Crippen LogP contribution in [0.2, 0.25) is 5.02 Å². The summed E-state index contributed by atoms with van der Waals surface area (Å²) in [6.07, 6.45) is -1.73. The monoisotopic (exact) mass is 395 g/mol. The predicted octanol–water partition coefficient (Wildman–Crippen LogP) is 5.02. The molecule has 0 unspecified atom stereocenters. The van der Waals surface area contributed by atoms with Crippen LogP contribution in [0.15, 0.2) is 59.3 Å². The molecule has 0 saturated carbocycles. The third kappa shape index (κ3) is 4.79. The first-order chi connectivity index (χ1) is 12.8. The van der Waals surface area contributed by atoms with E-state index >= 15 is 0 Å². The summed E-state index contributed by atoms with van der Waals surface area (Å²) in [6, 6.07) is 9.90. The number of rotatable bonds is 5. The summed E-state index contributed by atoms with van der Waals surface area (Å²) >= 11 is 5.59. The Hall–Kier alpha value is -3.00. The first-order valence-electron chi connectivity index (χ1n) is 7.73. The van der Waals surface area contributed by atoms with Crippen molar-refractivity contribution in [2.45, 2.75) is 12.7 Å². The maximum Gasteiger partial charge on any atom is 0.417 e. The number of nitrogens with zero attached hydrogens (tertiary/aromatic N) is 1. The van der Waals surface area contributed by atoms with Gasteiger partial charge in [0.05, 0.1) is 29.0 Å². The fraction of sp³-hybridized carbons (Fsp3) is 0.111. The van der Waals surface area contributed by atoms with E-state index in [-0.39, 0.29) is 29.0 Å². The molecular formula is C18H13ClF3N3O2. The largest absolute Gasteiger partial charge is 0.467 e. The van der Waals surface area contributed by atoms with Crippen LogP contribution in [0.4, 0.5) is 24.7 Å². The van der Waals surface area contributed by atoms with Gasteiger partial charge in [0.15, 0.2) is 0 Å². The minimum atomic E-state index is -4.56. The highest BCUT2D eigenvalue weighted by Gasteiger charge is 2.33. The van der Waals surface area contributed by atoms with Gasteiger partial charge < -0.3 is 15.1 Å². The van der Waals surface area contributed by atoms with Crippen LogP contribution < -0.4 is 10.6 Å². The minimum absolute atomic E-state index is 0.175. The molecule has 5 nitrogen and oxygen atoms in total. The Kier molecular flexibility index (Phi) is 5.36. The molecule has 0 fully saturated rings. The number of carbonyl (C=O) groups excluding carboxylic acids is 1. The SMILES string of the molecule is O=C(NCc1ccco1)c1ccc(Nc2ccc(Cl)c(C(F)(F)F)c2)nc1. The van der Waals surface area contributed by atoms with Crippen molar-refractivity contribution in [1.29, 1.82) is 0 Å². The van der Waals surface area contributed by atoms with Crippen LogP contribution in [-0.2, 0) is 12.7 Å². The number of furan rings is 1. The molecule has 0 atom stereocenters. The number of aromatic nitrogens is 1. The first kappa shape index (κ1) is 18.8. The van der Waals surface area contributed by atoms with Crippen LogP contribution in [0.25, 0.3) is 0 Å². The van der Waals surface area contributed by atoms with Crippen molar-refractivity contribution in [3.63, 3.8) is 0 Å². The number of hydrogen-bond donors (Lipinski definition) is 2. The summed E-state index contributed by atoms with van der Waals surface area (Å²) in [5.74, 6) is 0.544. The molecule has 2 N–H and O–H groups in total. The van der Waals surface area contributed by atoms with Gasteiger partial charge in [-0.25, -0.2) is 4.98 Å². The lowest BCUT2D eigenvalue weighted by atomic mass is 10.2. The molecule has 0 spiro atoms. The van der Waals surface area contributed by atoms with Crippen molar-refractivity contribution in [1.82, 2.24) is 10.3 Å². The summed E-state index contributed by atoms with van der Waals surface area (Å²) < 4.78 is 43.8. The Labute approximate surface area is 157 Å². The Morgan fingerprint density at radius 3 is 2.63 bits per heavy atom. The second kappa shape index (κ2) is 7.71. The Morgan fingerprint density at radius 1 is 1.19 bits per heavy atom. The van der Waals surface area contributed by atoms with E-state index in [1.807, 2.05) is 0 Å². The maximum absolute atomic E-state index is 12.9. The zero-order valence-corrected chi connectivity index (χ0v) is 14.4. The van der Waals surface area contributed by atoms with Crippen LogP contribution in [0.1, 0.15) is 21.7 Å². The van der Waals surface area contributed by atoms with Gasteiger partial charge >= 0.3 is 6.18 Å². The molecule has 3 aromatic rings. The van der Waals surface area contributed by atoms with Gasteiger partial charge in [-0.05, 0) is 42.5 Å². The molecular weight excluding hydrogens is 383 g/mol. The average Bonchev–Trinajstić information content (AvgIpc) is 3.14. The molecule has 2 aromatic heterocycles. The molecule has 0 saturated heterocycles. The number of benzene rings is 1. The van der Waals surface area contributed by atoms with Crippen LogP contribution in [0.3, 0.4) is 0 Å². The smallest absolute Gasteiger partial charge is 0.417 e. The third-order valence-corrected chi connectivity index (χ3v) is 3.90. The number of alkyl halides is 3. The van der Waals surface area contributed by atoms with Crippen molar-refractivity contribution in [2.75, 3.05) is 5.32 Å². The second-order valence-electron chi connectivity index (χ2n) is 5.51. The topological polar surface area (TPSA) is 67.2 Å². The number of anilines is 2. The second-order valence-corrected chi connectivity index (χ2v) is 5.92. The lowest BCUT2D eigenvalue weighted by Gasteiger charge is -2.12. The summed E-state index contributed by atoms with van der Waals surface area (Å²) in [5, 5.41) is 5.03. The van der Waals surface area contributed by atoms with Gasteiger partial charge in [-0.3, -0.25) is 4.79 Å². The fourth-order valence-corrected chi connectivity index (χ4v) is 2.48. The summed E-state index contributed by atoms with van der Waals surface area (Å²) in [7, 11) is 0. The van der Waals surface area contributed by atoms with Gasteiger partial charge in [-0.1, -0.05) is 11.6 Å². The zero-order valence-electron chi connectivity index (χ0n) is 13.7. The molecule has 9 heteroatoms. The van der Waals surface area contributed by atoms with E-state index in [4.69, 9.17) is 16.0 Å². The average molecular weight is 396 g/mol. The standard InChI is InChI=1S/C18H13ClF3N3O2/c19-15-5-4-12(8-14(15)18(20,21)22)25-16-6-3-11(9-23-16)17(26)24-10-13-2-1-7-27-13/h1-9H,10H2,(H,23,25)(H,24,26). The van der Waals surface area contributed by atoms with E-state index in [2.05, 4.69) is 15.6 Å². The lowest BCUT2D eigenvalue weighted by Crippen LogP contribution is -2.22. The number of hydrogen-bond acceptors (Lipinski definition) is 4. The van der Waals surface area contributed by atoms with Gasteiger partial charge in [0, 0.05) is 11.9 Å². The van der Waals surface area contributed by atoms with E-state index in [1.54, 1.807) is 12.1 Å². The molecule has 0 aliphatic heterocycles. The van der Waals surface area contributed by atoms with E-state index in [0.29, 0.717) is 11.3 Å². The molecule has 27 heavy (non-hydrogen) atoms. The van der Waals surface area contributed by atoms with E-state index < -0.39 is 11.7 Å². The van der Waals surface area contributed by atoms with Crippen molar-refractivity contribution < 1.29 is 22.4 Å². The molecule has 0 aliphatic rings. The zero-order chi connectivity index (χ0) is 19.4. The van der Waals surface area contributed by atoms with E-state index in [1.165, 1.54) is 30.7 Å². The van der Waals surface area contributed by atoms with Crippen LogP contribution in [0, 0.1) is 0 Å². The Morgan fingerprint density at radius 2 is 2.00 bits per heavy atom. The number of nitrogens with one attached hydrogen (secondary N) is 2. The molecule has 140 valence electrons. The van der Waals surface area contributed by atoms with Crippen molar-refractivity contribution >= 4 is 29.0 Å². The number of halogens is 4. The Bertz CT molecular complexity index is 926. The molecule has 3 rings (SSSR count). The van der Waals surface area contributed by atoms with Crippen molar-refractivity contribution in [3.8, 4) is 0 Å². The van der Waals surface area contributed by atoms with Gasteiger partial charge in [-0.15, -0.1) is 0 Å². The van der Waals surface area contributed by atoms with Gasteiger partial charge in [-0.2, -0.15) is 13.2 Å². The van der Waals surface area contributed by atoms with Crippen LogP contribution >= 0.6 is 11.6 Å². The third-order valence-electron chi connectivity index (χ3n) is 3.57. The number of pyridine rings is 1.